The third-order valence-electron chi connectivity index (χ3n) is 8.07. The van der Waals surface area contributed by atoms with Gasteiger partial charge in [0.25, 0.3) is 5.91 Å². The van der Waals surface area contributed by atoms with Crippen LogP contribution in [0.25, 0.3) is 10.8 Å². The maximum absolute atomic E-state index is 13.6. The van der Waals surface area contributed by atoms with Crippen molar-refractivity contribution in [3.05, 3.63) is 120 Å². The van der Waals surface area contributed by atoms with Crippen molar-refractivity contribution in [1.29, 1.82) is 0 Å². The highest BCUT2D eigenvalue weighted by Gasteiger charge is 2.23. The van der Waals surface area contributed by atoms with E-state index in [9.17, 15) is 9.59 Å². The molecule has 0 unspecified atom stereocenters. The smallest absolute Gasteiger partial charge is 0.251 e. The van der Waals surface area contributed by atoms with Crippen LogP contribution in [0.5, 0.6) is 0 Å². The first-order valence-corrected chi connectivity index (χ1v) is 15.4. The number of fused-ring (bicyclic) bond motifs is 1. The summed E-state index contributed by atoms with van der Waals surface area (Å²) in [5.41, 5.74) is 2.60. The van der Waals surface area contributed by atoms with Crippen molar-refractivity contribution >= 4 is 22.6 Å². The monoisotopic (exact) mass is 606 g/mol. The van der Waals surface area contributed by atoms with Crippen molar-refractivity contribution < 1.29 is 9.59 Å². The van der Waals surface area contributed by atoms with Gasteiger partial charge in [0.15, 0.2) is 0 Å². The highest BCUT2D eigenvalue weighted by Crippen LogP contribution is 2.24. The van der Waals surface area contributed by atoms with E-state index in [4.69, 9.17) is 0 Å². The lowest BCUT2D eigenvalue weighted by Gasteiger charge is -2.23. The maximum Gasteiger partial charge on any atom is 0.251 e. The molecular formula is C35H42N8O2. The number of hydrogen-bond donors (Lipinski definition) is 4. The van der Waals surface area contributed by atoms with Gasteiger partial charge in [0.05, 0.1) is 19.1 Å². The summed E-state index contributed by atoms with van der Waals surface area (Å²) in [5, 5.41) is 15.2. The van der Waals surface area contributed by atoms with Crippen LogP contribution in [0.3, 0.4) is 0 Å². The van der Waals surface area contributed by atoms with Gasteiger partial charge in [-0.3, -0.25) is 9.59 Å². The van der Waals surface area contributed by atoms with Crippen LogP contribution in [0.15, 0.2) is 91.5 Å². The number of rotatable bonds is 15. The zero-order valence-corrected chi connectivity index (χ0v) is 26.2. The van der Waals surface area contributed by atoms with Crippen LogP contribution >= 0.6 is 0 Å². The number of aryl methyl sites for hydroxylation is 2. The molecule has 2 amide bonds. The van der Waals surface area contributed by atoms with Gasteiger partial charge in [-0.1, -0.05) is 54.6 Å². The predicted molar refractivity (Wildman–Crippen MR) is 176 cm³/mol. The van der Waals surface area contributed by atoms with E-state index in [2.05, 4.69) is 49.4 Å². The topological polar surface area (TPSA) is 118 Å². The largest absolute Gasteiger partial charge is 0.348 e. The molecule has 234 valence electrons. The Labute approximate surface area is 264 Å². The zero-order chi connectivity index (χ0) is 31.6. The zero-order valence-electron chi connectivity index (χ0n) is 26.2. The normalized spacial score (nSPS) is 12.6. The molecule has 0 radical (unpaired) electrons. The summed E-state index contributed by atoms with van der Waals surface area (Å²) in [5.74, 6) is 1.41. The SMILES string of the molecule is C[C@H](NC(=O)[C@H](CCCNCc1nccn1C)NC(=O)c1ccc(CNCc2nccn2C)cc1)c1cccc2ccccc12. The highest BCUT2D eigenvalue weighted by molar-refractivity contribution is 5.97. The van der Waals surface area contributed by atoms with Gasteiger partial charge in [0.2, 0.25) is 5.91 Å². The van der Waals surface area contributed by atoms with Crippen molar-refractivity contribution in [2.45, 2.75) is 51.5 Å². The van der Waals surface area contributed by atoms with Gasteiger partial charge in [0, 0.05) is 51.0 Å². The summed E-state index contributed by atoms with van der Waals surface area (Å²) in [7, 11) is 3.93. The molecule has 2 heterocycles. The third-order valence-corrected chi connectivity index (χ3v) is 8.07. The summed E-state index contributed by atoms with van der Waals surface area (Å²) in [6.45, 7) is 4.60. The van der Waals surface area contributed by atoms with E-state index in [1.54, 1.807) is 24.5 Å². The number of imidazole rings is 2. The minimum absolute atomic E-state index is 0.206. The Morgan fingerprint density at radius 3 is 2.13 bits per heavy atom. The minimum atomic E-state index is -0.691. The van der Waals surface area contributed by atoms with Crippen LogP contribution in [0, 0.1) is 0 Å². The Morgan fingerprint density at radius 1 is 0.778 bits per heavy atom. The van der Waals surface area contributed by atoms with E-state index in [1.165, 1.54) is 0 Å². The second-order valence-corrected chi connectivity index (χ2v) is 11.4. The molecule has 10 heteroatoms. The first-order valence-electron chi connectivity index (χ1n) is 15.4. The molecule has 0 bridgehead atoms. The van der Waals surface area contributed by atoms with Crippen molar-refractivity contribution in [3.63, 3.8) is 0 Å². The molecule has 0 saturated heterocycles. The quantitative estimate of drug-likeness (QED) is 0.133. The molecule has 0 saturated carbocycles. The molecule has 3 aromatic carbocycles. The number of carbonyl (C=O) groups excluding carboxylic acids is 2. The molecular weight excluding hydrogens is 564 g/mol. The molecule has 10 nitrogen and oxygen atoms in total. The maximum atomic E-state index is 13.6. The molecule has 0 fully saturated rings. The van der Waals surface area contributed by atoms with Crippen LogP contribution < -0.4 is 21.3 Å². The van der Waals surface area contributed by atoms with Gasteiger partial charge < -0.3 is 30.4 Å². The second-order valence-electron chi connectivity index (χ2n) is 11.4. The molecule has 0 spiro atoms. The molecule has 45 heavy (non-hydrogen) atoms. The van der Waals surface area contributed by atoms with Gasteiger partial charge in [-0.2, -0.15) is 0 Å². The fourth-order valence-corrected chi connectivity index (χ4v) is 5.39. The summed E-state index contributed by atoms with van der Waals surface area (Å²) < 4.78 is 3.95. The molecule has 2 atom stereocenters. The van der Waals surface area contributed by atoms with Crippen LogP contribution in [0.4, 0.5) is 0 Å². The number of benzene rings is 3. The average molecular weight is 607 g/mol. The molecule has 0 aliphatic rings. The van der Waals surface area contributed by atoms with E-state index >= 15 is 0 Å². The van der Waals surface area contributed by atoms with Crippen molar-refractivity contribution in [1.82, 2.24) is 40.4 Å². The van der Waals surface area contributed by atoms with Gasteiger partial charge in [-0.15, -0.1) is 0 Å². The van der Waals surface area contributed by atoms with Gasteiger partial charge in [-0.25, -0.2) is 9.97 Å². The standard InChI is InChI=1S/C35H42N8O2/c1-25(29-11-6-9-27-8-4-5-10-30(27)29)40-35(45)31(12-7-17-36-23-32-38-18-20-42(32)2)41-34(44)28-15-13-26(14-16-28)22-37-24-33-39-19-21-43(33)3/h4-6,8-11,13-16,18-21,25,31,36-37H,7,12,17,22-24H2,1-3H3,(H,40,45)(H,41,44)/t25-,31-/m0/s1. The van der Waals surface area contributed by atoms with E-state index in [-0.39, 0.29) is 17.9 Å². The molecule has 2 aromatic heterocycles. The van der Waals surface area contributed by atoms with Crippen molar-refractivity contribution in [2.75, 3.05) is 6.54 Å². The Kier molecular flexibility index (Phi) is 10.7. The third kappa shape index (κ3) is 8.43. The Balaban J connectivity index is 1.20. The number of amides is 2. The Morgan fingerprint density at radius 2 is 1.44 bits per heavy atom. The fraction of sp³-hybridized carbons (Fsp3) is 0.314. The number of aromatic nitrogens is 4. The number of nitrogens with zero attached hydrogens (tertiary/aromatic N) is 4. The van der Waals surface area contributed by atoms with E-state index in [1.807, 2.05) is 78.9 Å². The molecule has 5 rings (SSSR count). The number of carbonyl (C=O) groups is 2. The van der Waals surface area contributed by atoms with Crippen LogP contribution in [-0.2, 0) is 38.5 Å². The second kappa shape index (κ2) is 15.3. The number of nitrogens with one attached hydrogen (secondary N) is 4. The fourth-order valence-electron chi connectivity index (χ4n) is 5.39. The van der Waals surface area contributed by atoms with E-state index in [0.717, 1.165) is 33.5 Å². The molecule has 0 aliphatic heterocycles. The average Bonchev–Trinajstić information content (AvgIpc) is 3.66. The van der Waals surface area contributed by atoms with E-state index < -0.39 is 6.04 Å². The lowest BCUT2D eigenvalue weighted by molar-refractivity contribution is -0.123. The molecule has 4 N–H and O–H groups in total. The van der Waals surface area contributed by atoms with Gasteiger partial charge in [0.1, 0.15) is 17.7 Å². The van der Waals surface area contributed by atoms with Gasteiger partial charge in [-0.05, 0) is 60.3 Å². The summed E-state index contributed by atoms with van der Waals surface area (Å²) in [6, 6.07) is 20.8. The van der Waals surface area contributed by atoms with Crippen LogP contribution in [0.2, 0.25) is 0 Å². The summed E-state index contributed by atoms with van der Waals surface area (Å²) >= 11 is 0. The number of hydrogen-bond acceptors (Lipinski definition) is 6. The van der Waals surface area contributed by atoms with Crippen molar-refractivity contribution in [2.24, 2.45) is 14.1 Å². The molecule has 5 aromatic rings. The lowest BCUT2D eigenvalue weighted by Crippen LogP contribution is -2.47. The van der Waals surface area contributed by atoms with Crippen molar-refractivity contribution in [3.8, 4) is 0 Å². The molecule has 0 aliphatic carbocycles. The van der Waals surface area contributed by atoms with Crippen LogP contribution in [-0.4, -0.2) is 43.5 Å². The van der Waals surface area contributed by atoms with E-state index in [0.29, 0.717) is 44.6 Å². The first-order chi connectivity index (χ1) is 21.9. The summed E-state index contributed by atoms with van der Waals surface area (Å²) in [4.78, 5) is 35.7. The Bertz CT molecular complexity index is 1700. The lowest BCUT2D eigenvalue weighted by atomic mass is 9.99. The highest BCUT2D eigenvalue weighted by atomic mass is 16.2. The van der Waals surface area contributed by atoms with Crippen LogP contribution in [0.1, 0.15) is 58.9 Å². The summed E-state index contributed by atoms with van der Waals surface area (Å²) in [6.07, 6.45) is 8.57. The minimum Gasteiger partial charge on any atom is -0.348 e. The van der Waals surface area contributed by atoms with Gasteiger partial charge >= 0.3 is 0 Å². The predicted octanol–water partition coefficient (Wildman–Crippen LogP) is 4.14. The Hall–Kier alpha value is -4.80. The first kappa shape index (κ1) is 31.6.